The zero-order chi connectivity index (χ0) is 15.4. The second kappa shape index (κ2) is 7.35. The van der Waals surface area contributed by atoms with E-state index in [0.717, 1.165) is 62.8 Å². The Kier molecular flexibility index (Phi) is 5.23. The molecule has 1 aromatic heterocycles. The average Bonchev–Trinajstić information content (AvgIpc) is 2.56. The van der Waals surface area contributed by atoms with Crippen LogP contribution in [-0.4, -0.2) is 34.4 Å². The van der Waals surface area contributed by atoms with E-state index < -0.39 is 0 Å². The van der Waals surface area contributed by atoms with E-state index in [9.17, 15) is 9.90 Å². The SMILES string of the molecule is O=c1c(CO)c2c(nn1CCOC1CCCCO1)CCCC2. The van der Waals surface area contributed by atoms with Crippen molar-refractivity contribution in [2.75, 3.05) is 13.2 Å². The van der Waals surface area contributed by atoms with Crippen LogP contribution in [0.4, 0.5) is 0 Å². The van der Waals surface area contributed by atoms with Gasteiger partial charge in [-0.25, -0.2) is 4.68 Å². The number of nitrogens with zero attached hydrogens (tertiary/aromatic N) is 2. The lowest BCUT2D eigenvalue weighted by Crippen LogP contribution is -2.33. The quantitative estimate of drug-likeness (QED) is 0.883. The van der Waals surface area contributed by atoms with Gasteiger partial charge in [0.25, 0.3) is 5.56 Å². The van der Waals surface area contributed by atoms with Crippen LogP contribution in [0.2, 0.25) is 0 Å². The van der Waals surface area contributed by atoms with Gasteiger partial charge in [0.05, 0.1) is 25.5 Å². The number of aromatic nitrogens is 2. The van der Waals surface area contributed by atoms with E-state index in [1.807, 2.05) is 0 Å². The lowest BCUT2D eigenvalue weighted by Gasteiger charge is -2.23. The number of rotatable bonds is 5. The van der Waals surface area contributed by atoms with Gasteiger partial charge < -0.3 is 14.6 Å². The van der Waals surface area contributed by atoms with E-state index in [-0.39, 0.29) is 18.5 Å². The monoisotopic (exact) mass is 308 g/mol. The van der Waals surface area contributed by atoms with Gasteiger partial charge in [-0.05, 0) is 50.5 Å². The highest BCUT2D eigenvalue weighted by Gasteiger charge is 2.20. The first-order chi connectivity index (χ1) is 10.8. The molecule has 0 radical (unpaired) electrons. The first-order valence-electron chi connectivity index (χ1n) is 8.25. The zero-order valence-corrected chi connectivity index (χ0v) is 12.9. The molecule has 1 unspecified atom stereocenters. The Hall–Kier alpha value is -1.24. The van der Waals surface area contributed by atoms with E-state index in [0.29, 0.717) is 18.7 Å². The maximum absolute atomic E-state index is 12.4. The predicted molar refractivity (Wildman–Crippen MR) is 80.6 cm³/mol. The molecule has 1 aromatic rings. The maximum atomic E-state index is 12.4. The molecule has 1 aliphatic heterocycles. The molecule has 1 saturated heterocycles. The smallest absolute Gasteiger partial charge is 0.272 e. The maximum Gasteiger partial charge on any atom is 0.272 e. The molecular weight excluding hydrogens is 284 g/mol. The topological polar surface area (TPSA) is 73.6 Å². The fourth-order valence-electron chi connectivity index (χ4n) is 3.23. The Labute approximate surface area is 130 Å². The van der Waals surface area contributed by atoms with Gasteiger partial charge in [0.15, 0.2) is 6.29 Å². The molecule has 1 N–H and O–H groups in total. The van der Waals surface area contributed by atoms with Crippen LogP contribution in [0.25, 0.3) is 0 Å². The molecule has 0 spiro atoms. The lowest BCUT2D eigenvalue weighted by molar-refractivity contribution is -0.164. The molecule has 0 saturated carbocycles. The molecular formula is C16H24N2O4. The zero-order valence-electron chi connectivity index (χ0n) is 12.9. The summed E-state index contributed by atoms with van der Waals surface area (Å²) in [5.74, 6) is 0. The van der Waals surface area contributed by atoms with Crippen molar-refractivity contribution in [3.8, 4) is 0 Å². The van der Waals surface area contributed by atoms with Gasteiger partial charge >= 0.3 is 0 Å². The minimum Gasteiger partial charge on any atom is -0.391 e. The summed E-state index contributed by atoms with van der Waals surface area (Å²) in [4.78, 5) is 12.4. The van der Waals surface area contributed by atoms with Crippen molar-refractivity contribution in [2.24, 2.45) is 0 Å². The Morgan fingerprint density at radius 2 is 2.14 bits per heavy atom. The first kappa shape index (κ1) is 15.6. The van der Waals surface area contributed by atoms with Crippen LogP contribution < -0.4 is 5.56 Å². The molecule has 3 rings (SSSR count). The Morgan fingerprint density at radius 1 is 1.27 bits per heavy atom. The van der Waals surface area contributed by atoms with Crippen LogP contribution in [0.15, 0.2) is 4.79 Å². The summed E-state index contributed by atoms with van der Waals surface area (Å²) in [6.45, 7) is 1.34. The Balaban J connectivity index is 1.69. The molecule has 22 heavy (non-hydrogen) atoms. The second-order valence-corrected chi connectivity index (χ2v) is 5.96. The molecule has 6 heteroatoms. The van der Waals surface area contributed by atoms with E-state index in [2.05, 4.69) is 5.10 Å². The predicted octanol–water partition coefficient (Wildman–Crippen LogP) is 1.16. The molecule has 2 heterocycles. The van der Waals surface area contributed by atoms with E-state index in [1.54, 1.807) is 0 Å². The third-order valence-corrected chi connectivity index (χ3v) is 4.44. The molecule has 0 amide bonds. The van der Waals surface area contributed by atoms with Gasteiger partial charge in [-0.3, -0.25) is 4.79 Å². The number of aryl methyl sites for hydroxylation is 1. The number of ether oxygens (including phenoxy) is 2. The summed E-state index contributed by atoms with van der Waals surface area (Å²) in [5.41, 5.74) is 2.25. The average molecular weight is 308 g/mol. The number of hydrogen-bond donors (Lipinski definition) is 1. The van der Waals surface area contributed by atoms with Crippen molar-refractivity contribution in [1.29, 1.82) is 0 Å². The first-order valence-corrected chi connectivity index (χ1v) is 8.25. The summed E-state index contributed by atoms with van der Waals surface area (Å²) in [7, 11) is 0. The van der Waals surface area contributed by atoms with Crippen LogP contribution in [-0.2, 0) is 35.5 Å². The van der Waals surface area contributed by atoms with Crippen LogP contribution in [0.5, 0.6) is 0 Å². The summed E-state index contributed by atoms with van der Waals surface area (Å²) < 4.78 is 12.6. The lowest BCUT2D eigenvalue weighted by atomic mass is 9.93. The highest BCUT2D eigenvalue weighted by molar-refractivity contribution is 5.29. The van der Waals surface area contributed by atoms with Gasteiger partial charge in [-0.2, -0.15) is 5.10 Å². The van der Waals surface area contributed by atoms with Gasteiger partial charge in [0.1, 0.15) is 0 Å². The summed E-state index contributed by atoms with van der Waals surface area (Å²) in [5, 5.41) is 14.0. The summed E-state index contributed by atoms with van der Waals surface area (Å²) in [6, 6.07) is 0. The minimum absolute atomic E-state index is 0.153. The second-order valence-electron chi connectivity index (χ2n) is 5.96. The molecule has 1 aliphatic carbocycles. The Morgan fingerprint density at radius 3 is 2.91 bits per heavy atom. The van der Waals surface area contributed by atoms with Crippen LogP contribution >= 0.6 is 0 Å². The molecule has 6 nitrogen and oxygen atoms in total. The van der Waals surface area contributed by atoms with Gasteiger partial charge in [0.2, 0.25) is 0 Å². The van der Waals surface area contributed by atoms with Crippen LogP contribution in [0.3, 0.4) is 0 Å². The van der Waals surface area contributed by atoms with E-state index >= 15 is 0 Å². The summed E-state index contributed by atoms with van der Waals surface area (Å²) >= 11 is 0. The third-order valence-electron chi connectivity index (χ3n) is 4.44. The fourth-order valence-corrected chi connectivity index (χ4v) is 3.23. The molecule has 1 atom stereocenters. The van der Waals surface area contributed by atoms with Gasteiger partial charge in [-0.15, -0.1) is 0 Å². The largest absolute Gasteiger partial charge is 0.391 e. The van der Waals surface area contributed by atoms with Crippen LogP contribution in [0.1, 0.15) is 48.9 Å². The molecule has 122 valence electrons. The van der Waals surface area contributed by atoms with E-state index in [1.165, 1.54) is 4.68 Å². The van der Waals surface area contributed by atoms with Gasteiger partial charge in [0, 0.05) is 12.2 Å². The van der Waals surface area contributed by atoms with Crippen molar-refractivity contribution in [3.63, 3.8) is 0 Å². The van der Waals surface area contributed by atoms with Crippen molar-refractivity contribution < 1.29 is 14.6 Å². The van der Waals surface area contributed by atoms with E-state index in [4.69, 9.17) is 9.47 Å². The molecule has 1 fully saturated rings. The van der Waals surface area contributed by atoms with Gasteiger partial charge in [-0.1, -0.05) is 0 Å². The number of aliphatic hydroxyl groups is 1. The van der Waals surface area contributed by atoms with Crippen molar-refractivity contribution in [2.45, 2.75) is 64.4 Å². The van der Waals surface area contributed by atoms with Crippen molar-refractivity contribution >= 4 is 0 Å². The number of hydrogen-bond acceptors (Lipinski definition) is 5. The minimum atomic E-state index is -0.212. The van der Waals surface area contributed by atoms with Crippen molar-refractivity contribution in [1.82, 2.24) is 9.78 Å². The third kappa shape index (κ3) is 3.39. The fraction of sp³-hybridized carbons (Fsp3) is 0.750. The standard InChI is InChI=1S/C16H24N2O4/c19-11-13-12-5-1-2-6-14(12)17-18(16(13)20)8-10-22-15-7-3-4-9-21-15/h15,19H,1-11H2. The molecule has 2 aliphatic rings. The molecule has 0 aromatic carbocycles. The highest BCUT2D eigenvalue weighted by Crippen LogP contribution is 2.20. The summed E-state index contributed by atoms with van der Waals surface area (Å²) in [6.07, 6.45) is 6.86. The normalized spacial score (nSPS) is 21.6. The Bertz CT molecular complexity index is 564. The highest BCUT2D eigenvalue weighted by atomic mass is 16.7. The number of fused-ring (bicyclic) bond motifs is 1. The number of aliphatic hydroxyl groups excluding tert-OH is 1. The van der Waals surface area contributed by atoms with Crippen LogP contribution in [0, 0.1) is 0 Å². The van der Waals surface area contributed by atoms with Crippen molar-refractivity contribution in [3.05, 3.63) is 27.2 Å². The molecule has 0 bridgehead atoms.